The van der Waals surface area contributed by atoms with E-state index < -0.39 is 11.9 Å². The van der Waals surface area contributed by atoms with E-state index in [4.69, 9.17) is 19.9 Å². The van der Waals surface area contributed by atoms with Crippen molar-refractivity contribution in [1.29, 1.82) is 5.26 Å². The molecule has 1 heterocycles. The smallest absolute Gasteiger partial charge is 0.340 e. The lowest BCUT2D eigenvalue weighted by atomic mass is 9.77. The molecule has 0 radical (unpaired) electrons. The summed E-state index contributed by atoms with van der Waals surface area (Å²) in [4.78, 5) is 25.7. The van der Waals surface area contributed by atoms with Crippen molar-refractivity contribution in [3.05, 3.63) is 86.4 Å². The van der Waals surface area contributed by atoms with Gasteiger partial charge in [0.2, 0.25) is 5.88 Å². The third kappa shape index (κ3) is 4.37. The summed E-state index contributed by atoms with van der Waals surface area (Å²) in [5.41, 5.74) is 8.42. The molecule has 2 aromatic carbocycles. The van der Waals surface area contributed by atoms with Crippen molar-refractivity contribution in [1.82, 2.24) is 0 Å². The maximum atomic E-state index is 13.0. The Balaban J connectivity index is 1.83. The average molecular weight is 509 g/mol. The molecule has 1 aliphatic carbocycles. The van der Waals surface area contributed by atoms with Crippen LogP contribution in [0.4, 0.5) is 0 Å². The van der Waals surface area contributed by atoms with E-state index in [1.807, 2.05) is 12.1 Å². The van der Waals surface area contributed by atoms with Crippen molar-refractivity contribution >= 4 is 27.7 Å². The number of Topliss-reactive ketones (excluding diaryl/α,β-unsaturated/α-hetero) is 1. The van der Waals surface area contributed by atoms with Gasteiger partial charge in [-0.2, -0.15) is 5.26 Å². The van der Waals surface area contributed by atoms with Gasteiger partial charge in [-0.3, -0.25) is 4.79 Å². The van der Waals surface area contributed by atoms with Gasteiger partial charge < -0.3 is 19.9 Å². The van der Waals surface area contributed by atoms with Crippen LogP contribution >= 0.6 is 15.9 Å². The molecule has 2 aromatic rings. The van der Waals surface area contributed by atoms with E-state index in [1.165, 1.54) is 7.11 Å². The summed E-state index contributed by atoms with van der Waals surface area (Å²) in [5, 5.41) is 9.38. The molecule has 7 nitrogen and oxygen atoms in total. The van der Waals surface area contributed by atoms with Crippen molar-refractivity contribution in [2.75, 3.05) is 7.11 Å². The molecule has 1 aliphatic heterocycles. The molecule has 0 saturated carbocycles. The zero-order chi connectivity index (χ0) is 23.5. The first kappa shape index (κ1) is 22.6. The highest BCUT2D eigenvalue weighted by atomic mass is 79.9. The number of carbonyl (C=O) groups is 2. The Morgan fingerprint density at radius 2 is 2.06 bits per heavy atom. The van der Waals surface area contributed by atoms with E-state index in [9.17, 15) is 14.9 Å². The predicted molar refractivity (Wildman–Crippen MR) is 123 cm³/mol. The Labute approximate surface area is 199 Å². The van der Waals surface area contributed by atoms with Crippen molar-refractivity contribution in [3.8, 4) is 11.8 Å². The molecule has 0 bridgehead atoms. The largest absolute Gasteiger partial charge is 0.489 e. The van der Waals surface area contributed by atoms with Gasteiger partial charge in [-0.1, -0.05) is 34.1 Å². The Morgan fingerprint density at radius 1 is 1.27 bits per heavy atom. The highest BCUT2D eigenvalue weighted by Crippen LogP contribution is 2.47. The van der Waals surface area contributed by atoms with Crippen LogP contribution < -0.4 is 10.5 Å². The summed E-state index contributed by atoms with van der Waals surface area (Å²) in [5.74, 6) is -0.729. The number of esters is 1. The molecule has 4 rings (SSSR count). The number of carbonyl (C=O) groups excluding carboxylic acids is 2. The third-order valence-electron chi connectivity index (χ3n) is 5.69. The number of ether oxygens (including phenoxy) is 3. The maximum Gasteiger partial charge on any atom is 0.340 e. The highest BCUT2D eigenvalue weighted by Gasteiger charge is 2.42. The van der Waals surface area contributed by atoms with Crippen LogP contribution in [0, 0.1) is 11.3 Å². The Hall–Kier alpha value is -3.57. The number of nitriles is 1. The Bertz CT molecular complexity index is 1240. The van der Waals surface area contributed by atoms with Crippen LogP contribution in [0.2, 0.25) is 0 Å². The van der Waals surface area contributed by atoms with E-state index in [0.29, 0.717) is 47.5 Å². The molecule has 0 amide bonds. The first-order chi connectivity index (χ1) is 15.9. The number of halogens is 1. The first-order valence-electron chi connectivity index (χ1n) is 10.4. The van der Waals surface area contributed by atoms with Gasteiger partial charge in [0.25, 0.3) is 0 Å². The third-order valence-corrected chi connectivity index (χ3v) is 6.19. The summed E-state index contributed by atoms with van der Waals surface area (Å²) in [6.07, 6.45) is 1.55. The maximum absolute atomic E-state index is 13.0. The molecule has 2 aliphatic rings. The number of allylic oxidation sites excluding steroid dienone is 2. The molecule has 168 valence electrons. The molecule has 2 N–H and O–H groups in total. The molecule has 33 heavy (non-hydrogen) atoms. The first-order valence-corrected chi connectivity index (χ1v) is 11.2. The monoisotopic (exact) mass is 508 g/mol. The van der Waals surface area contributed by atoms with Gasteiger partial charge in [-0.25, -0.2) is 4.79 Å². The summed E-state index contributed by atoms with van der Waals surface area (Å²) < 4.78 is 17.5. The topological polar surface area (TPSA) is 112 Å². The second-order valence-corrected chi connectivity index (χ2v) is 8.57. The number of nitrogens with two attached hydrogens (primary N) is 1. The van der Waals surface area contributed by atoms with Gasteiger partial charge in [0.15, 0.2) is 5.78 Å². The predicted octanol–water partition coefficient (Wildman–Crippen LogP) is 4.36. The van der Waals surface area contributed by atoms with Crippen molar-refractivity contribution in [3.63, 3.8) is 0 Å². The standard InChI is InChI=1S/C25H21BrN2O5/c1-31-25(30)23-21(22-18(29)7-4-8-20(22)33-24(23)28)17-11-16(26)9-10-19(17)32-13-15-6-3-2-5-14(15)12-27/h2-3,5-6,9-11,21H,4,7-8,13,28H2,1H3/t21-/m1/s1. The molecular formula is C25H21BrN2O5. The van der Waals surface area contributed by atoms with Crippen molar-refractivity contribution < 1.29 is 23.8 Å². The molecular weight excluding hydrogens is 488 g/mol. The fourth-order valence-electron chi connectivity index (χ4n) is 4.16. The summed E-state index contributed by atoms with van der Waals surface area (Å²) in [6.45, 7) is 0.133. The van der Waals surface area contributed by atoms with Crippen molar-refractivity contribution in [2.45, 2.75) is 31.8 Å². The lowest BCUT2D eigenvalue weighted by Gasteiger charge is -2.33. The highest BCUT2D eigenvalue weighted by molar-refractivity contribution is 9.10. The zero-order valence-electron chi connectivity index (χ0n) is 17.9. The number of nitrogens with zero attached hydrogens (tertiary/aromatic N) is 1. The second kappa shape index (κ2) is 9.51. The normalized spacial score (nSPS) is 17.7. The summed E-state index contributed by atoms with van der Waals surface area (Å²) in [6, 6.07) is 14.7. The molecule has 1 atom stereocenters. The minimum Gasteiger partial charge on any atom is -0.489 e. The van der Waals surface area contributed by atoms with E-state index in [2.05, 4.69) is 22.0 Å². The van der Waals surface area contributed by atoms with Gasteiger partial charge >= 0.3 is 5.97 Å². The van der Waals surface area contributed by atoms with E-state index in [-0.39, 0.29) is 23.8 Å². The number of hydrogen-bond acceptors (Lipinski definition) is 7. The van der Waals surface area contributed by atoms with Gasteiger partial charge in [-0.05, 0) is 30.7 Å². The van der Waals surface area contributed by atoms with Crippen LogP contribution in [-0.2, 0) is 25.7 Å². The van der Waals surface area contributed by atoms with Crippen LogP contribution in [0.1, 0.15) is 41.9 Å². The number of benzene rings is 2. The number of ketones is 1. The number of rotatable bonds is 5. The SMILES string of the molecule is COC(=O)C1=C(N)OC2=C(C(=O)CCC2)[C@H]1c1cc(Br)ccc1OCc1ccccc1C#N. The second-order valence-electron chi connectivity index (χ2n) is 7.66. The van der Waals surface area contributed by atoms with E-state index >= 15 is 0 Å². The van der Waals surface area contributed by atoms with Crippen LogP contribution in [-0.4, -0.2) is 18.9 Å². The number of hydrogen-bond donors (Lipinski definition) is 1. The zero-order valence-corrected chi connectivity index (χ0v) is 19.5. The average Bonchev–Trinajstić information content (AvgIpc) is 2.82. The quantitative estimate of drug-likeness (QED) is 0.596. The van der Waals surface area contributed by atoms with E-state index in [1.54, 1.807) is 30.3 Å². The molecule has 0 fully saturated rings. The van der Waals surface area contributed by atoms with Gasteiger partial charge in [-0.15, -0.1) is 0 Å². The molecule has 0 unspecified atom stereocenters. The van der Waals surface area contributed by atoms with E-state index in [0.717, 1.165) is 10.0 Å². The summed E-state index contributed by atoms with van der Waals surface area (Å²) >= 11 is 3.48. The lowest BCUT2D eigenvalue weighted by molar-refractivity contribution is -0.136. The lowest BCUT2D eigenvalue weighted by Crippen LogP contribution is -2.31. The van der Waals surface area contributed by atoms with Crippen LogP contribution in [0.5, 0.6) is 5.75 Å². The molecule has 8 heteroatoms. The minimum absolute atomic E-state index is 0.0619. The Morgan fingerprint density at radius 3 is 2.82 bits per heavy atom. The molecule has 0 aromatic heterocycles. The van der Waals surface area contributed by atoms with Gasteiger partial charge in [0.1, 0.15) is 23.7 Å². The van der Waals surface area contributed by atoms with Gasteiger partial charge in [0, 0.05) is 34.0 Å². The fraction of sp³-hybridized carbons (Fsp3) is 0.240. The van der Waals surface area contributed by atoms with Crippen LogP contribution in [0.3, 0.4) is 0 Å². The molecule has 0 saturated heterocycles. The fourth-order valence-corrected chi connectivity index (χ4v) is 4.54. The molecule has 0 spiro atoms. The van der Waals surface area contributed by atoms with Crippen molar-refractivity contribution in [2.24, 2.45) is 5.73 Å². The Kier molecular flexibility index (Phi) is 6.52. The summed E-state index contributed by atoms with van der Waals surface area (Å²) in [7, 11) is 1.25. The van der Waals surface area contributed by atoms with Crippen LogP contribution in [0.25, 0.3) is 0 Å². The minimum atomic E-state index is -0.798. The van der Waals surface area contributed by atoms with Gasteiger partial charge in [0.05, 0.1) is 24.7 Å². The van der Waals surface area contributed by atoms with Crippen LogP contribution in [0.15, 0.2) is 69.7 Å². The number of methoxy groups -OCH3 is 1.